The molecule has 21 heavy (non-hydrogen) atoms. The van der Waals surface area contributed by atoms with Crippen LogP contribution in [0.4, 0.5) is 0 Å². The van der Waals surface area contributed by atoms with E-state index in [1.54, 1.807) is 0 Å². The maximum Gasteiger partial charge on any atom is 0.0406 e. The number of thioether (sulfide) groups is 1. The lowest BCUT2D eigenvalue weighted by Crippen LogP contribution is -2.19. The molecule has 2 aromatic carbocycles. The van der Waals surface area contributed by atoms with Crippen molar-refractivity contribution in [1.29, 1.82) is 0 Å². The van der Waals surface area contributed by atoms with E-state index < -0.39 is 0 Å². The molecule has 0 saturated heterocycles. The minimum atomic E-state index is 0.404. The minimum Gasteiger partial charge on any atom is -0.310 e. The second-order valence-corrected chi connectivity index (χ2v) is 6.65. The molecule has 2 rings (SSSR count). The van der Waals surface area contributed by atoms with Crippen LogP contribution in [-0.2, 0) is 5.75 Å². The summed E-state index contributed by atoms with van der Waals surface area (Å²) in [6, 6.07) is 17.3. The fourth-order valence-electron chi connectivity index (χ4n) is 2.10. The second kappa shape index (κ2) is 8.47. The molecular formula is C18H22ClNS. The molecule has 1 N–H and O–H groups in total. The number of halogens is 1. The average molecular weight is 320 g/mol. The van der Waals surface area contributed by atoms with Gasteiger partial charge in [-0.15, -0.1) is 11.8 Å². The van der Waals surface area contributed by atoms with Crippen molar-refractivity contribution in [3.8, 4) is 0 Å². The largest absolute Gasteiger partial charge is 0.310 e. The van der Waals surface area contributed by atoms with Crippen molar-refractivity contribution in [2.75, 3.05) is 6.54 Å². The van der Waals surface area contributed by atoms with Crippen molar-refractivity contribution in [3.63, 3.8) is 0 Å². The zero-order valence-electron chi connectivity index (χ0n) is 12.6. The van der Waals surface area contributed by atoms with E-state index in [2.05, 4.69) is 55.6 Å². The van der Waals surface area contributed by atoms with Crippen molar-refractivity contribution in [3.05, 3.63) is 64.7 Å². The third-order valence-electron chi connectivity index (χ3n) is 3.38. The Hall–Kier alpha value is -0.960. The van der Waals surface area contributed by atoms with Crippen LogP contribution in [0.1, 0.15) is 37.4 Å². The Bertz CT molecular complexity index is 553. The molecule has 0 amide bonds. The van der Waals surface area contributed by atoms with Gasteiger partial charge in [0, 0.05) is 21.7 Å². The molecule has 1 unspecified atom stereocenters. The van der Waals surface area contributed by atoms with Crippen molar-refractivity contribution >= 4 is 23.4 Å². The summed E-state index contributed by atoms with van der Waals surface area (Å²) in [7, 11) is 0. The van der Waals surface area contributed by atoms with Gasteiger partial charge in [0.25, 0.3) is 0 Å². The van der Waals surface area contributed by atoms with Crippen LogP contribution in [0.2, 0.25) is 5.02 Å². The summed E-state index contributed by atoms with van der Waals surface area (Å²) in [5.74, 6) is 0.970. The van der Waals surface area contributed by atoms with Crippen LogP contribution in [0.3, 0.4) is 0 Å². The molecule has 112 valence electrons. The standard InChI is InChI=1S/C18H22ClNS/c1-3-11-20-14(2)16-5-4-6-18(12-16)21-13-15-7-9-17(19)10-8-15/h4-10,12,14,20H,3,11,13H2,1-2H3. The molecular weight excluding hydrogens is 298 g/mol. The number of hydrogen-bond donors (Lipinski definition) is 1. The predicted octanol–water partition coefficient (Wildman–Crippen LogP) is 5.69. The maximum atomic E-state index is 5.91. The summed E-state index contributed by atoms with van der Waals surface area (Å²) in [5, 5.41) is 4.33. The van der Waals surface area contributed by atoms with Gasteiger partial charge in [-0.1, -0.05) is 42.8 Å². The van der Waals surface area contributed by atoms with E-state index in [-0.39, 0.29) is 0 Å². The Kier molecular flexibility index (Phi) is 6.62. The first kappa shape index (κ1) is 16.4. The van der Waals surface area contributed by atoms with Crippen molar-refractivity contribution in [2.45, 2.75) is 37.0 Å². The van der Waals surface area contributed by atoms with E-state index >= 15 is 0 Å². The molecule has 0 aliphatic carbocycles. The molecule has 0 aliphatic rings. The van der Waals surface area contributed by atoms with Crippen LogP contribution in [0.15, 0.2) is 53.4 Å². The quantitative estimate of drug-likeness (QED) is 0.658. The number of nitrogens with one attached hydrogen (secondary N) is 1. The van der Waals surface area contributed by atoms with Gasteiger partial charge in [-0.05, 0) is 55.3 Å². The van der Waals surface area contributed by atoms with Crippen LogP contribution >= 0.6 is 23.4 Å². The SMILES string of the molecule is CCCNC(C)c1cccc(SCc2ccc(Cl)cc2)c1. The minimum absolute atomic E-state index is 0.404. The lowest BCUT2D eigenvalue weighted by Gasteiger charge is -2.14. The van der Waals surface area contributed by atoms with Crippen LogP contribution in [0, 0.1) is 0 Å². The molecule has 0 spiro atoms. The highest BCUT2D eigenvalue weighted by Crippen LogP contribution is 2.26. The van der Waals surface area contributed by atoms with Crippen LogP contribution in [-0.4, -0.2) is 6.54 Å². The van der Waals surface area contributed by atoms with Crippen molar-refractivity contribution in [2.24, 2.45) is 0 Å². The number of rotatable bonds is 7. The molecule has 2 aromatic rings. The molecule has 0 aliphatic heterocycles. The zero-order valence-corrected chi connectivity index (χ0v) is 14.2. The van der Waals surface area contributed by atoms with Crippen LogP contribution < -0.4 is 5.32 Å². The highest BCUT2D eigenvalue weighted by atomic mass is 35.5. The molecule has 1 nitrogen and oxygen atoms in total. The summed E-state index contributed by atoms with van der Waals surface area (Å²) in [4.78, 5) is 1.31. The lowest BCUT2D eigenvalue weighted by molar-refractivity contribution is 0.570. The third-order valence-corrected chi connectivity index (χ3v) is 4.69. The number of hydrogen-bond acceptors (Lipinski definition) is 2. The Labute approximate surface area is 137 Å². The summed E-state index contributed by atoms with van der Waals surface area (Å²) < 4.78 is 0. The van der Waals surface area contributed by atoms with Gasteiger partial charge in [-0.2, -0.15) is 0 Å². The van der Waals surface area contributed by atoms with Gasteiger partial charge in [-0.3, -0.25) is 0 Å². The summed E-state index contributed by atoms with van der Waals surface area (Å²) in [6.07, 6.45) is 1.16. The summed E-state index contributed by atoms with van der Waals surface area (Å²) in [6.45, 7) is 5.47. The van der Waals surface area contributed by atoms with E-state index in [9.17, 15) is 0 Å². The van der Waals surface area contributed by atoms with E-state index in [4.69, 9.17) is 11.6 Å². The van der Waals surface area contributed by atoms with E-state index in [0.717, 1.165) is 23.7 Å². The molecule has 0 radical (unpaired) electrons. The molecule has 0 aromatic heterocycles. The van der Waals surface area contributed by atoms with Gasteiger partial charge in [0.2, 0.25) is 0 Å². The Morgan fingerprint density at radius 3 is 2.62 bits per heavy atom. The molecule has 0 fully saturated rings. The lowest BCUT2D eigenvalue weighted by atomic mass is 10.1. The van der Waals surface area contributed by atoms with Gasteiger partial charge in [-0.25, -0.2) is 0 Å². The predicted molar refractivity (Wildman–Crippen MR) is 94.2 cm³/mol. The second-order valence-electron chi connectivity index (χ2n) is 5.16. The van der Waals surface area contributed by atoms with E-state index in [1.807, 2.05) is 23.9 Å². The highest BCUT2D eigenvalue weighted by molar-refractivity contribution is 7.98. The van der Waals surface area contributed by atoms with Crippen LogP contribution in [0.5, 0.6) is 0 Å². The van der Waals surface area contributed by atoms with Gasteiger partial charge in [0.05, 0.1) is 0 Å². The summed E-state index contributed by atoms with van der Waals surface area (Å²) in [5.41, 5.74) is 2.65. The highest BCUT2D eigenvalue weighted by Gasteiger charge is 2.05. The fourth-order valence-corrected chi connectivity index (χ4v) is 3.15. The first-order valence-corrected chi connectivity index (χ1v) is 8.76. The first-order valence-electron chi connectivity index (χ1n) is 7.39. The molecule has 0 bridgehead atoms. The molecule has 0 heterocycles. The maximum absolute atomic E-state index is 5.91. The Balaban J connectivity index is 1.95. The number of benzene rings is 2. The normalized spacial score (nSPS) is 12.3. The van der Waals surface area contributed by atoms with E-state index in [0.29, 0.717) is 6.04 Å². The third kappa shape index (κ3) is 5.39. The molecule has 3 heteroatoms. The van der Waals surface area contributed by atoms with Gasteiger partial charge in [0.15, 0.2) is 0 Å². The van der Waals surface area contributed by atoms with Crippen LogP contribution in [0.25, 0.3) is 0 Å². The zero-order chi connectivity index (χ0) is 15.1. The monoisotopic (exact) mass is 319 g/mol. The topological polar surface area (TPSA) is 12.0 Å². The van der Waals surface area contributed by atoms with E-state index in [1.165, 1.54) is 16.0 Å². The van der Waals surface area contributed by atoms with Gasteiger partial charge < -0.3 is 5.32 Å². The Morgan fingerprint density at radius 2 is 1.90 bits per heavy atom. The van der Waals surface area contributed by atoms with Gasteiger partial charge >= 0.3 is 0 Å². The average Bonchev–Trinajstić information content (AvgIpc) is 2.52. The Morgan fingerprint density at radius 1 is 1.14 bits per heavy atom. The molecule has 1 atom stereocenters. The van der Waals surface area contributed by atoms with Gasteiger partial charge in [0.1, 0.15) is 0 Å². The molecule has 0 saturated carbocycles. The fraction of sp³-hybridized carbons (Fsp3) is 0.333. The first-order chi connectivity index (χ1) is 10.2. The smallest absolute Gasteiger partial charge is 0.0406 e. The van der Waals surface area contributed by atoms with Crippen molar-refractivity contribution in [1.82, 2.24) is 5.32 Å². The van der Waals surface area contributed by atoms with Crippen molar-refractivity contribution < 1.29 is 0 Å². The summed E-state index contributed by atoms with van der Waals surface area (Å²) >= 11 is 7.78.